The number of rotatable bonds is 3. The van der Waals surface area contributed by atoms with Gasteiger partial charge in [0, 0.05) is 36.3 Å². The van der Waals surface area contributed by atoms with Gasteiger partial charge in [-0.15, -0.1) is 0 Å². The molecular formula is C23H18F3N5O2. The number of carbonyl (C=O) groups excluding carboxylic acids is 1. The number of benzene rings is 1. The lowest BCUT2D eigenvalue weighted by Gasteiger charge is -2.32. The van der Waals surface area contributed by atoms with E-state index in [2.05, 4.69) is 15.2 Å². The molecule has 0 saturated heterocycles. The van der Waals surface area contributed by atoms with E-state index in [1.54, 1.807) is 29.3 Å². The third kappa shape index (κ3) is 3.67. The lowest BCUT2D eigenvalue weighted by Crippen LogP contribution is -2.42. The van der Waals surface area contributed by atoms with Gasteiger partial charge < -0.3 is 9.42 Å². The van der Waals surface area contributed by atoms with Crippen LogP contribution in [0.4, 0.5) is 18.9 Å². The lowest BCUT2D eigenvalue weighted by molar-refractivity contribution is -0.137. The minimum Gasteiger partial charge on any atom is -0.356 e. The zero-order valence-electron chi connectivity index (χ0n) is 17.7. The van der Waals surface area contributed by atoms with E-state index in [-0.39, 0.29) is 18.5 Å². The highest BCUT2D eigenvalue weighted by Crippen LogP contribution is 2.35. The molecule has 0 fully saturated rings. The predicted octanol–water partition coefficient (Wildman–Crippen LogP) is 5.15. The molecule has 1 aliphatic heterocycles. The lowest BCUT2D eigenvalue weighted by atomic mass is 10.1. The minimum atomic E-state index is -4.44. The number of carbonyl (C=O) groups is 1. The van der Waals surface area contributed by atoms with E-state index in [1.165, 1.54) is 17.0 Å². The zero-order valence-corrected chi connectivity index (χ0v) is 17.7. The summed E-state index contributed by atoms with van der Waals surface area (Å²) in [5.74, 6) is 0.124. The molecule has 4 aromatic rings. The summed E-state index contributed by atoms with van der Waals surface area (Å²) < 4.78 is 45.9. The number of halogens is 3. The monoisotopic (exact) mass is 453 g/mol. The number of aromatic nitrogens is 4. The summed E-state index contributed by atoms with van der Waals surface area (Å²) in [4.78, 5) is 19.0. The van der Waals surface area contributed by atoms with Crippen molar-refractivity contribution in [1.29, 1.82) is 0 Å². The summed E-state index contributed by atoms with van der Waals surface area (Å²) in [5, 5.41) is 8.48. The minimum absolute atomic E-state index is 0.193. The van der Waals surface area contributed by atoms with Gasteiger partial charge in [0.1, 0.15) is 11.4 Å². The number of alkyl halides is 3. The molecule has 1 aliphatic rings. The summed E-state index contributed by atoms with van der Waals surface area (Å²) in [5.41, 5.74) is 2.54. The van der Waals surface area contributed by atoms with Crippen LogP contribution in [0.5, 0.6) is 0 Å². The van der Waals surface area contributed by atoms with Crippen LogP contribution in [0.25, 0.3) is 22.6 Å². The standard InChI is InChI=1S/C23H18F3N5O2/c1-13-7-15(10-27-9-13)20-8-19(29-33-20)18-11-28-31-14(2)12-30(22(32)21(18)31)17-5-3-16(4-6-17)23(24,25)26/h3-11,14H,12H2,1-2H3/t14-/m0/s1. The van der Waals surface area contributed by atoms with Crippen molar-refractivity contribution in [2.75, 3.05) is 11.4 Å². The predicted molar refractivity (Wildman–Crippen MR) is 114 cm³/mol. The number of fused-ring (bicyclic) bond motifs is 1. The highest BCUT2D eigenvalue weighted by Gasteiger charge is 2.35. The van der Waals surface area contributed by atoms with Gasteiger partial charge in [-0.1, -0.05) is 5.16 Å². The van der Waals surface area contributed by atoms with Gasteiger partial charge in [-0.3, -0.25) is 14.5 Å². The van der Waals surface area contributed by atoms with E-state index in [0.717, 1.165) is 23.3 Å². The van der Waals surface area contributed by atoms with Crippen molar-refractivity contribution in [2.24, 2.45) is 0 Å². The summed E-state index contributed by atoms with van der Waals surface area (Å²) in [6, 6.07) is 7.98. The largest absolute Gasteiger partial charge is 0.416 e. The van der Waals surface area contributed by atoms with Crippen molar-refractivity contribution in [2.45, 2.75) is 26.1 Å². The topological polar surface area (TPSA) is 77.1 Å². The molecule has 7 nitrogen and oxygen atoms in total. The summed E-state index contributed by atoms with van der Waals surface area (Å²) in [7, 11) is 0. The Hall–Kier alpha value is -3.95. The average molecular weight is 453 g/mol. The van der Waals surface area contributed by atoms with Gasteiger partial charge >= 0.3 is 6.18 Å². The Morgan fingerprint density at radius 1 is 1.09 bits per heavy atom. The number of pyridine rings is 1. The van der Waals surface area contributed by atoms with E-state index in [9.17, 15) is 18.0 Å². The van der Waals surface area contributed by atoms with Crippen LogP contribution in [0.3, 0.4) is 0 Å². The van der Waals surface area contributed by atoms with Crippen molar-refractivity contribution in [3.63, 3.8) is 0 Å². The van der Waals surface area contributed by atoms with Crippen molar-refractivity contribution in [3.8, 4) is 22.6 Å². The van der Waals surface area contributed by atoms with Crippen LogP contribution in [0.2, 0.25) is 0 Å². The van der Waals surface area contributed by atoms with Gasteiger partial charge in [-0.2, -0.15) is 18.3 Å². The van der Waals surface area contributed by atoms with E-state index in [4.69, 9.17) is 4.52 Å². The van der Waals surface area contributed by atoms with Crippen LogP contribution in [0.1, 0.15) is 34.6 Å². The molecule has 0 spiro atoms. The van der Waals surface area contributed by atoms with Crippen LogP contribution < -0.4 is 4.90 Å². The Bertz CT molecular complexity index is 1340. The molecule has 5 rings (SSSR count). The average Bonchev–Trinajstić information content (AvgIpc) is 3.43. The fourth-order valence-electron chi connectivity index (χ4n) is 3.93. The molecule has 0 radical (unpaired) electrons. The van der Waals surface area contributed by atoms with Gasteiger partial charge in [0.2, 0.25) is 0 Å². The number of hydrogen-bond donors (Lipinski definition) is 0. The third-order valence-corrected chi connectivity index (χ3v) is 5.56. The molecule has 0 aliphatic carbocycles. The first kappa shape index (κ1) is 20.9. The number of hydrogen-bond acceptors (Lipinski definition) is 5. The molecular weight excluding hydrogens is 435 g/mol. The molecule has 33 heavy (non-hydrogen) atoms. The summed E-state index contributed by atoms with van der Waals surface area (Å²) >= 11 is 0. The van der Waals surface area contributed by atoms with Gasteiger partial charge in [-0.25, -0.2) is 0 Å². The van der Waals surface area contributed by atoms with E-state index in [1.807, 2.05) is 19.9 Å². The Morgan fingerprint density at radius 3 is 2.55 bits per heavy atom. The third-order valence-electron chi connectivity index (χ3n) is 5.56. The zero-order chi connectivity index (χ0) is 23.3. The van der Waals surface area contributed by atoms with E-state index < -0.39 is 11.7 Å². The summed E-state index contributed by atoms with van der Waals surface area (Å²) in [6.45, 7) is 4.07. The molecule has 1 amide bonds. The fraction of sp³-hybridized carbons (Fsp3) is 0.217. The van der Waals surface area contributed by atoms with E-state index >= 15 is 0 Å². The second kappa shape index (κ2) is 7.58. The van der Waals surface area contributed by atoms with Crippen LogP contribution >= 0.6 is 0 Å². The number of aryl methyl sites for hydroxylation is 1. The number of amides is 1. The first-order valence-electron chi connectivity index (χ1n) is 10.2. The molecule has 168 valence electrons. The normalized spacial score (nSPS) is 16.2. The number of nitrogens with zero attached hydrogens (tertiary/aromatic N) is 5. The smallest absolute Gasteiger partial charge is 0.356 e. The molecule has 0 N–H and O–H groups in total. The van der Waals surface area contributed by atoms with Crippen LogP contribution in [-0.2, 0) is 6.18 Å². The van der Waals surface area contributed by atoms with Gasteiger partial charge in [0.25, 0.3) is 5.91 Å². The fourth-order valence-corrected chi connectivity index (χ4v) is 3.93. The molecule has 1 aromatic carbocycles. The van der Waals surface area contributed by atoms with E-state index in [0.29, 0.717) is 28.4 Å². The van der Waals surface area contributed by atoms with Crippen molar-refractivity contribution in [1.82, 2.24) is 19.9 Å². The Morgan fingerprint density at radius 2 is 1.85 bits per heavy atom. The molecule has 0 bridgehead atoms. The first-order valence-corrected chi connectivity index (χ1v) is 10.2. The van der Waals surface area contributed by atoms with Crippen LogP contribution in [-0.4, -0.2) is 32.4 Å². The van der Waals surface area contributed by atoms with Crippen molar-refractivity contribution < 1.29 is 22.5 Å². The van der Waals surface area contributed by atoms with Gasteiger partial charge in [0.15, 0.2) is 5.76 Å². The maximum atomic E-state index is 13.4. The Kier molecular flexibility index (Phi) is 4.80. The molecule has 0 saturated carbocycles. The second-order valence-corrected chi connectivity index (χ2v) is 7.99. The van der Waals surface area contributed by atoms with Crippen LogP contribution in [0.15, 0.2) is 59.5 Å². The maximum absolute atomic E-state index is 13.4. The van der Waals surface area contributed by atoms with Gasteiger partial charge in [-0.05, 0) is 49.7 Å². The van der Waals surface area contributed by atoms with Crippen LogP contribution in [0, 0.1) is 6.92 Å². The first-order chi connectivity index (χ1) is 15.7. The molecule has 3 aromatic heterocycles. The Balaban J connectivity index is 1.50. The van der Waals surface area contributed by atoms with Gasteiger partial charge in [0.05, 0.1) is 23.4 Å². The highest BCUT2D eigenvalue weighted by molar-refractivity contribution is 6.09. The number of anilines is 1. The van der Waals surface area contributed by atoms with Crippen molar-refractivity contribution >= 4 is 11.6 Å². The summed E-state index contributed by atoms with van der Waals surface area (Å²) in [6.07, 6.45) is 0.492. The molecule has 0 unspecified atom stereocenters. The molecule has 10 heteroatoms. The SMILES string of the molecule is Cc1cncc(-c2cc(-c3cnn4c3C(=O)N(c3ccc(C(F)(F)F)cc3)C[C@@H]4C)no2)c1. The highest BCUT2D eigenvalue weighted by atomic mass is 19.4. The second-order valence-electron chi connectivity index (χ2n) is 7.99. The maximum Gasteiger partial charge on any atom is 0.416 e. The molecule has 4 heterocycles. The molecule has 1 atom stereocenters. The Labute approximate surface area is 186 Å². The van der Waals surface area contributed by atoms with Crippen molar-refractivity contribution in [3.05, 3.63) is 71.8 Å². The quantitative estimate of drug-likeness (QED) is 0.429.